The minimum atomic E-state index is -0.189. The van der Waals surface area contributed by atoms with Gasteiger partial charge in [-0.05, 0) is 37.3 Å². The molecule has 98 valence electrons. The summed E-state index contributed by atoms with van der Waals surface area (Å²) >= 11 is 0. The van der Waals surface area contributed by atoms with Crippen LogP contribution in [0, 0.1) is 0 Å². The molecule has 1 saturated carbocycles. The van der Waals surface area contributed by atoms with Gasteiger partial charge in [-0.2, -0.15) is 0 Å². The van der Waals surface area contributed by atoms with E-state index < -0.39 is 0 Å². The van der Waals surface area contributed by atoms with E-state index in [0.29, 0.717) is 12.0 Å². The molecule has 18 heavy (non-hydrogen) atoms. The number of para-hydroxylation sites is 1. The van der Waals surface area contributed by atoms with E-state index in [2.05, 4.69) is 30.5 Å². The molecule has 0 aliphatic heterocycles. The zero-order chi connectivity index (χ0) is 13.1. The monoisotopic (exact) mass is 246 g/mol. The van der Waals surface area contributed by atoms with Crippen LogP contribution >= 0.6 is 0 Å². The molecule has 1 aliphatic carbocycles. The van der Waals surface area contributed by atoms with Crippen LogP contribution in [0.5, 0.6) is 0 Å². The number of benzene rings is 1. The number of nitrogens with one attached hydrogen (secondary N) is 2. The first kappa shape index (κ1) is 12.9. The van der Waals surface area contributed by atoms with Gasteiger partial charge in [0.2, 0.25) is 5.91 Å². The van der Waals surface area contributed by atoms with Crippen LogP contribution in [-0.2, 0) is 4.79 Å². The Morgan fingerprint density at radius 1 is 1.22 bits per heavy atom. The molecular formula is C15H22N2O. The Morgan fingerprint density at radius 3 is 2.50 bits per heavy atom. The molecule has 1 fully saturated rings. The first-order chi connectivity index (χ1) is 8.58. The van der Waals surface area contributed by atoms with Crippen molar-refractivity contribution in [2.45, 2.75) is 51.6 Å². The molecule has 2 N–H and O–H groups in total. The summed E-state index contributed by atoms with van der Waals surface area (Å²) in [4.78, 5) is 11.9. The van der Waals surface area contributed by atoms with Gasteiger partial charge in [-0.15, -0.1) is 0 Å². The van der Waals surface area contributed by atoms with Crippen molar-refractivity contribution >= 4 is 11.6 Å². The number of rotatable bonds is 5. The smallest absolute Gasteiger partial charge is 0.242 e. The fraction of sp³-hybridized carbons (Fsp3) is 0.533. The van der Waals surface area contributed by atoms with Crippen molar-refractivity contribution in [2.24, 2.45) is 0 Å². The number of hydrogen-bond acceptors (Lipinski definition) is 2. The molecule has 0 saturated heterocycles. The van der Waals surface area contributed by atoms with Crippen molar-refractivity contribution in [1.29, 1.82) is 0 Å². The zero-order valence-electron chi connectivity index (χ0n) is 11.4. The van der Waals surface area contributed by atoms with E-state index in [1.807, 2.05) is 25.1 Å². The highest BCUT2D eigenvalue weighted by atomic mass is 16.2. The van der Waals surface area contributed by atoms with Gasteiger partial charge < -0.3 is 10.6 Å². The fourth-order valence-electron chi connectivity index (χ4n) is 1.98. The third kappa shape index (κ3) is 3.25. The van der Waals surface area contributed by atoms with Gasteiger partial charge >= 0.3 is 0 Å². The van der Waals surface area contributed by atoms with E-state index in [9.17, 15) is 4.79 Å². The zero-order valence-corrected chi connectivity index (χ0v) is 11.4. The average molecular weight is 246 g/mol. The van der Waals surface area contributed by atoms with Crippen molar-refractivity contribution in [3.63, 3.8) is 0 Å². The molecule has 0 bridgehead atoms. The molecule has 0 radical (unpaired) electrons. The maximum atomic E-state index is 11.9. The normalized spacial score (nSPS) is 16.4. The van der Waals surface area contributed by atoms with Crippen LogP contribution in [0.15, 0.2) is 24.3 Å². The molecule has 1 aliphatic rings. The Balaban J connectivity index is 2.01. The summed E-state index contributed by atoms with van der Waals surface area (Å²) in [6.45, 7) is 6.24. The Kier molecular flexibility index (Phi) is 3.90. The molecule has 1 aromatic rings. The van der Waals surface area contributed by atoms with Crippen LogP contribution < -0.4 is 10.6 Å². The van der Waals surface area contributed by atoms with E-state index in [1.165, 1.54) is 5.56 Å². The molecular weight excluding hydrogens is 224 g/mol. The van der Waals surface area contributed by atoms with E-state index in [-0.39, 0.29) is 11.9 Å². The second kappa shape index (κ2) is 5.42. The predicted molar refractivity (Wildman–Crippen MR) is 74.8 cm³/mol. The summed E-state index contributed by atoms with van der Waals surface area (Å²) in [5.74, 6) is 0.545. The van der Waals surface area contributed by atoms with E-state index in [4.69, 9.17) is 0 Å². The van der Waals surface area contributed by atoms with Crippen molar-refractivity contribution < 1.29 is 4.79 Å². The molecule has 0 spiro atoms. The molecule has 1 aromatic carbocycles. The van der Waals surface area contributed by atoms with E-state index in [1.54, 1.807) is 0 Å². The minimum absolute atomic E-state index is 0.0936. The number of hydrogen-bond donors (Lipinski definition) is 2. The standard InChI is InChI=1S/C15H22N2O/c1-10(2)13-6-4-5-7-14(13)16-11(3)15(18)17-12-8-9-12/h4-7,10-12,16H,8-9H2,1-3H3,(H,17,18)/t11-/m1/s1. The SMILES string of the molecule is CC(C)c1ccccc1N[C@H](C)C(=O)NC1CC1. The lowest BCUT2D eigenvalue weighted by atomic mass is 10.0. The molecule has 3 heteroatoms. The maximum absolute atomic E-state index is 11.9. The highest BCUT2D eigenvalue weighted by Gasteiger charge is 2.25. The summed E-state index contributed by atoms with van der Waals surface area (Å²) in [6.07, 6.45) is 2.25. The van der Waals surface area contributed by atoms with Crippen LogP contribution in [0.25, 0.3) is 0 Å². The molecule has 0 aromatic heterocycles. The first-order valence-corrected chi connectivity index (χ1v) is 6.73. The van der Waals surface area contributed by atoms with E-state index in [0.717, 1.165) is 18.5 Å². The van der Waals surface area contributed by atoms with Crippen LogP contribution in [-0.4, -0.2) is 18.0 Å². The minimum Gasteiger partial charge on any atom is -0.374 e. The number of carbonyl (C=O) groups excluding carboxylic acids is 1. The predicted octanol–water partition coefficient (Wildman–Crippen LogP) is 2.89. The van der Waals surface area contributed by atoms with Gasteiger partial charge in [-0.3, -0.25) is 4.79 Å². The number of amides is 1. The van der Waals surface area contributed by atoms with Crippen molar-refractivity contribution in [3.05, 3.63) is 29.8 Å². The summed E-state index contributed by atoms with van der Waals surface area (Å²) in [5.41, 5.74) is 2.31. The second-order valence-corrected chi connectivity index (χ2v) is 5.39. The Labute approximate surface area is 109 Å². The molecule has 0 unspecified atom stereocenters. The summed E-state index contributed by atoms with van der Waals surface area (Å²) in [7, 11) is 0. The highest BCUT2D eigenvalue weighted by molar-refractivity contribution is 5.84. The van der Waals surface area contributed by atoms with Gasteiger partial charge in [0.05, 0.1) is 0 Å². The van der Waals surface area contributed by atoms with Gasteiger partial charge in [-0.25, -0.2) is 0 Å². The summed E-state index contributed by atoms with van der Waals surface area (Å²) in [6, 6.07) is 8.41. The van der Waals surface area contributed by atoms with Gasteiger partial charge in [0.15, 0.2) is 0 Å². The topological polar surface area (TPSA) is 41.1 Å². The molecule has 1 atom stereocenters. The lowest BCUT2D eigenvalue weighted by Gasteiger charge is -2.19. The Hall–Kier alpha value is -1.51. The van der Waals surface area contributed by atoms with Crippen LogP contribution in [0.1, 0.15) is 45.1 Å². The maximum Gasteiger partial charge on any atom is 0.242 e. The highest BCUT2D eigenvalue weighted by Crippen LogP contribution is 2.24. The summed E-state index contributed by atoms with van der Waals surface area (Å²) in [5, 5.41) is 6.33. The largest absolute Gasteiger partial charge is 0.374 e. The molecule has 1 amide bonds. The fourth-order valence-corrected chi connectivity index (χ4v) is 1.98. The van der Waals surface area contributed by atoms with Crippen molar-refractivity contribution in [2.75, 3.05) is 5.32 Å². The van der Waals surface area contributed by atoms with Crippen molar-refractivity contribution in [1.82, 2.24) is 5.32 Å². The number of anilines is 1. The van der Waals surface area contributed by atoms with Crippen molar-refractivity contribution in [3.8, 4) is 0 Å². The van der Waals surface area contributed by atoms with Gasteiger partial charge in [0, 0.05) is 11.7 Å². The first-order valence-electron chi connectivity index (χ1n) is 6.73. The van der Waals surface area contributed by atoms with E-state index >= 15 is 0 Å². The summed E-state index contributed by atoms with van der Waals surface area (Å²) < 4.78 is 0. The second-order valence-electron chi connectivity index (χ2n) is 5.39. The Bertz CT molecular complexity index is 424. The van der Waals surface area contributed by atoms with Crippen LogP contribution in [0.3, 0.4) is 0 Å². The molecule has 0 heterocycles. The number of carbonyl (C=O) groups is 1. The third-order valence-electron chi connectivity index (χ3n) is 3.27. The van der Waals surface area contributed by atoms with Crippen LogP contribution in [0.2, 0.25) is 0 Å². The van der Waals surface area contributed by atoms with Gasteiger partial charge in [-0.1, -0.05) is 32.0 Å². The lowest BCUT2D eigenvalue weighted by Crippen LogP contribution is -2.38. The van der Waals surface area contributed by atoms with Gasteiger partial charge in [0.1, 0.15) is 6.04 Å². The Morgan fingerprint density at radius 2 is 1.89 bits per heavy atom. The average Bonchev–Trinajstić information content (AvgIpc) is 3.13. The van der Waals surface area contributed by atoms with Crippen LogP contribution in [0.4, 0.5) is 5.69 Å². The molecule has 3 nitrogen and oxygen atoms in total. The van der Waals surface area contributed by atoms with Gasteiger partial charge in [0.25, 0.3) is 0 Å². The quantitative estimate of drug-likeness (QED) is 0.838. The third-order valence-corrected chi connectivity index (χ3v) is 3.27. The lowest BCUT2D eigenvalue weighted by molar-refractivity contribution is -0.121. The molecule has 2 rings (SSSR count).